The Kier molecular flexibility index (Phi) is 6.47. The molecule has 14 heavy (non-hydrogen) atoms. The Balaban J connectivity index is 0.000000980. The van der Waals surface area contributed by atoms with Gasteiger partial charge in [-0.2, -0.15) is 0 Å². The molecule has 0 atom stereocenters. The molecule has 2 aliphatic rings. The molecule has 0 aromatic rings. The number of hydrogen-bond donors (Lipinski definition) is 0. The van der Waals surface area contributed by atoms with Crippen molar-refractivity contribution in [2.24, 2.45) is 0 Å². The molecule has 2 fully saturated rings. The Morgan fingerprint density at radius 3 is 1.29 bits per heavy atom. The predicted molar refractivity (Wildman–Crippen MR) is 60.6 cm³/mol. The summed E-state index contributed by atoms with van der Waals surface area (Å²) in [7, 11) is 0. The van der Waals surface area contributed by atoms with Gasteiger partial charge in [0.2, 0.25) is 0 Å². The molecule has 0 unspecified atom stereocenters. The van der Waals surface area contributed by atoms with Crippen molar-refractivity contribution in [3.05, 3.63) is 0 Å². The standard InChI is InChI=1S/C12H22O.Mg/c1-3-7-11(8-4-1)13-12-9-5-2-6-10-12;/h11-12H,1-10H2;. The van der Waals surface area contributed by atoms with Crippen LogP contribution in [0, 0.1) is 0 Å². The SMILES string of the molecule is C1CCC(OC2CCCCC2)CC1.[Mg]. The molecule has 2 heteroatoms. The lowest BCUT2D eigenvalue weighted by Gasteiger charge is -2.29. The van der Waals surface area contributed by atoms with Gasteiger partial charge in [-0.15, -0.1) is 0 Å². The van der Waals surface area contributed by atoms with Crippen molar-refractivity contribution in [3.63, 3.8) is 0 Å². The lowest BCUT2D eigenvalue weighted by Crippen LogP contribution is -2.25. The maximum Gasteiger partial charge on any atom is 0.0578 e. The van der Waals surface area contributed by atoms with E-state index in [0.29, 0.717) is 12.2 Å². The summed E-state index contributed by atoms with van der Waals surface area (Å²) in [6, 6.07) is 0. The van der Waals surface area contributed by atoms with E-state index in [4.69, 9.17) is 4.74 Å². The highest BCUT2D eigenvalue weighted by Crippen LogP contribution is 2.26. The van der Waals surface area contributed by atoms with Crippen molar-refractivity contribution < 1.29 is 4.74 Å². The monoisotopic (exact) mass is 206 g/mol. The van der Waals surface area contributed by atoms with E-state index in [-0.39, 0.29) is 23.1 Å². The second-order valence-electron chi connectivity index (χ2n) is 4.66. The van der Waals surface area contributed by atoms with Gasteiger partial charge in [-0.25, -0.2) is 0 Å². The molecule has 0 aliphatic heterocycles. The molecule has 78 valence electrons. The normalized spacial score (nSPS) is 25.7. The quantitative estimate of drug-likeness (QED) is 0.630. The van der Waals surface area contributed by atoms with E-state index >= 15 is 0 Å². The number of ether oxygens (including phenoxy) is 1. The molecule has 0 spiro atoms. The summed E-state index contributed by atoms with van der Waals surface area (Å²) in [6.07, 6.45) is 15.0. The summed E-state index contributed by atoms with van der Waals surface area (Å²) in [5.74, 6) is 0. The molecule has 2 rings (SSSR count). The van der Waals surface area contributed by atoms with E-state index in [0.717, 1.165) is 0 Å². The molecule has 0 saturated heterocycles. The van der Waals surface area contributed by atoms with Crippen molar-refractivity contribution in [2.75, 3.05) is 0 Å². The van der Waals surface area contributed by atoms with Crippen molar-refractivity contribution in [1.82, 2.24) is 0 Å². The summed E-state index contributed by atoms with van der Waals surface area (Å²) in [5.41, 5.74) is 0. The molecule has 0 N–H and O–H groups in total. The van der Waals surface area contributed by atoms with E-state index in [1.807, 2.05) is 0 Å². The molecule has 2 aliphatic carbocycles. The van der Waals surface area contributed by atoms with Crippen molar-refractivity contribution in [3.8, 4) is 0 Å². The first-order chi connectivity index (χ1) is 6.45. The molecule has 2 radical (unpaired) electrons. The first kappa shape index (κ1) is 12.8. The third-order valence-electron chi connectivity index (χ3n) is 3.49. The van der Waals surface area contributed by atoms with Gasteiger partial charge >= 0.3 is 0 Å². The zero-order valence-electron chi connectivity index (χ0n) is 9.34. The fourth-order valence-corrected chi connectivity index (χ4v) is 2.67. The van der Waals surface area contributed by atoms with Crippen LogP contribution in [0.25, 0.3) is 0 Å². The van der Waals surface area contributed by atoms with E-state index in [2.05, 4.69) is 0 Å². The first-order valence-electron chi connectivity index (χ1n) is 6.10. The average Bonchev–Trinajstić information content (AvgIpc) is 2.21. The van der Waals surface area contributed by atoms with Crippen LogP contribution in [0.3, 0.4) is 0 Å². The van der Waals surface area contributed by atoms with Crippen LogP contribution in [0.5, 0.6) is 0 Å². The van der Waals surface area contributed by atoms with Crippen LogP contribution >= 0.6 is 0 Å². The smallest absolute Gasteiger partial charge is 0.0578 e. The Morgan fingerprint density at radius 2 is 0.929 bits per heavy atom. The van der Waals surface area contributed by atoms with Crippen LogP contribution in [0.1, 0.15) is 64.2 Å². The molecular formula is C12H22MgO. The van der Waals surface area contributed by atoms with Crippen LogP contribution in [0.15, 0.2) is 0 Å². The van der Waals surface area contributed by atoms with Gasteiger partial charge in [0.25, 0.3) is 0 Å². The predicted octanol–water partition coefficient (Wildman–Crippen LogP) is 3.29. The van der Waals surface area contributed by atoms with Gasteiger partial charge in [-0.3, -0.25) is 0 Å². The van der Waals surface area contributed by atoms with Crippen molar-refractivity contribution >= 4 is 23.1 Å². The molecule has 0 amide bonds. The molecule has 0 heterocycles. The first-order valence-corrected chi connectivity index (χ1v) is 6.10. The topological polar surface area (TPSA) is 9.23 Å². The van der Waals surface area contributed by atoms with Gasteiger partial charge in [-0.05, 0) is 25.7 Å². The van der Waals surface area contributed by atoms with Crippen molar-refractivity contribution in [2.45, 2.75) is 76.4 Å². The van der Waals surface area contributed by atoms with E-state index < -0.39 is 0 Å². The lowest BCUT2D eigenvalue weighted by molar-refractivity contribution is -0.0450. The van der Waals surface area contributed by atoms with E-state index in [1.54, 1.807) is 0 Å². The highest BCUT2D eigenvalue weighted by molar-refractivity contribution is 5.75. The fourth-order valence-electron chi connectivity index (χ4n) is 2.67. The van der Waals surface area contributed by atoms with Crippen LogP contribution in [-0.2, 0) is 4.74 Å². The second-order valence-corrected chi connectivity index (χ2v) is 4.66. The summed E-state index contributed by atoms with van der Waals surface area (Å²) in [5, 5.41) is 0. The van der Waals surface area contributed by atoms with Crippen LogP contribution in [0.2, 0.25) is 0 Å². The number of hydrogen-bond acceptors (Lipinski definition) is 1. The second kappa shape index (κ2) is 7.07. The minimum absolute atomic E-state index is 0. The highest BCUT2D eigenvalue weighted by Gasteiger charge is 2.20. The Morgan fingerprint density at radius 1 is 0.571 bits per heavy atom. The van der Waals surface area contributed by atoms with Gasteiger partial charge in [0.05, 0.1) is 12.2 Å². The molecule has 0 aromatic carbocycles. The van der Waals surface area contributed by atoms with Gasteiger partial charge in [0.15, 0.2) is 0 Å². The molecule has 2 saturated carbocycles. The van der Waals surface area contributed by atoms with Crippen LogP contribution < -0.4 is 0 Å². The minimum Gasteiger partial charge on any atom is -0.375 e. The lowest BCUT2D eigenvalue weighted by atomic mass is 9.95. The fraction of sp³-hybridized carbons (Fsp3) is 1.00. The Bertz CT molecular complexity index is 121. The Hall–Kier alpha value is 0.726. The van der Waals surface area contributed by atoms with Crippen LogP contribution in [0.4, 0.5) is 0 Å². The summed E-state index contributed by atoms with van der Waals surface area (Å²) < 4.78 is 6.13. The highest BCUT2D eigenvalue weighted by atomic mass is 24.3. The zero-order valence-corrected chi connectivity index (χ0v) is 10.8. The summed E-state index contributed by atoms with van der Waals surface area (Å²) in [6.45, 7) is 0. The maximum absolute atomic E-state index is 6.13. The largest absolute Gasteiger partial charge is 0.375 e. The maximum atomic E-state index is 6.13. The molecule has 0 aromatic heterocycles. The zero-order chi connectivity index (χ0) is 8.93. The van der Waals surface area contributed by atoms with E-state index in [1.165, 1.54) is 64.2 Å². The molecular weight excluding hydrogens is 184 g/mol. The average molecular weight is 207 g/mol. The van der Waals surface area contributed by atoms with Gasteiger partial charge in [0.1, 0.15) is 0 Å². The van der Waals surface area contributed by atoms with E-state index in [9.17, 15) is 0 Å². The third kappa shape index (κ3) is 4.07. The number of rotatable bonds is 2. The molecule has 0 bridgehead atoms. The van der Waals surface area contributed by atoms with Gasteiger partial charge in [0, 0.05) is 23.1 Å². The summed E-state index contributed by atoms with van der Waals surface area (Å²) in [4.78, 5) is 0. The van der Waals surface area contributed by atoms with Crippen molar-refractivity contribution in [1.29, 1.82) is 0 Å². The third-order valence-corrected chi connectivity index (χ3v) is 3.49. The minimum atomic E-state index is 0. The Labute approximate surface area is 104 Å². The van der Waals surface area contributed by atoms with Gasteiger partial charge in [-0.1, -0.05) is 38.5 Å². The summed E-state index contributed by atoms with van der Waals surface area (Å²) >= 11 is 0. The van der Waals surface area contributed by atoms with Gasteiger partial charge < -0.3 is 4.74 Å². The molecule has 1 nitrogen and oxygen atoms in total. The van der Waals surface area contributed by atoms with Crippen LogP contribution in [-0.4, -0.2) is 35.3 Å².